The van der Waals surface area contributed by atoms with E-state index < -0.39 is 5.60 Å². The molecule has 0 radical (unpaired) electrons. The molecule has 1 aliphatic heterocycles. The Bertz CT molecular complexity index is 722. The van der Waals surface area contributed by atoms with E-state index in [-0.39, 0.29) is 18.0 Å². The molecule has 0 aromatic heterocycles. The number of amides is 4. The van der Waals surface area contributed by atoms with Gasteiger partial charge in [-0.1, -0.05) is 0 Å². The molecule has 9 heteroatoms. The minimum atomic E-state index is -0.480. The maximum Gasteiger partial charge on any atom is 0.410 e. The molecule has 0 unspecified atom stereocenters. The van der Waals surface area contributed by atoms with E-state index in [1.807, 2.05) is 20.8 Å². The zero-order chi connectivity index (χ0) is 22.1. The van der Waals surface area contributed by atoms with Crippen molar-refractivity contribution in [2.75, 3.05) is 51.6 Å². The zero-order valence-corrected chi connectivity index (χ0v) is 18.3. The van der Waals surface area contributed by atoms with E-state index in [1.165, 1.54) is 0 Å². The fourth-order valence-corrected chi connectivity index (χ4v) is 3.01. The lowest BCUT2D eigenvalue weighted by Gasteiger charge is -2.35. The van der Waals surface area contributed by atoms with Gasteiger partial charge in [0.05, 0.1) is 0 Å². The Morgan fingerprint density at radius 1 is 1.03 bits per heavy atom. The van der Waals surface area contributed by atoms with E-state index >= 15 is 0 Å². The molecule has 1 aliphatic rings. The van der Waals surface area contributed by atoms with Crippen LogP contribution in [0.25, 0.3) is 0 Å². The van der Waals surface area contributed by atoms with Crippen molar-refractivity contribution in [3.8, 4) is 0 Å². The van der Waals surface area contributed by atoms with Crippen molar-refractivity contribution in [2.45, 2.75) is 32.8 Å². The molecular formula is C21H33N5O4. The van der Waals surface area contributed by atoms with Crippen LogP contribution in [-0.4, -0.2) is 79.7 Å². The lowest BCUT2D eigenvalue weighted by atomic mass is 10.2. The molecule has 1 aromatic carbocycles. The van der Waals surface area contributed by atoms with Crippen LogP contribution in [0.5, 0.6) is 0 Å². The highest BCUT2D eigenvalue weighted by molar-refractivity contribution is 5.95. The molecule has 0 spiro atoms. The molecule has 0 aliphatic carbocycles. The Kier molecular flexibility index (Phi) is 8.46. The third-order valence-electron chi connectivity index (χ3n) is 4.59. The number of anilines is 1. The number of carbonyl (C=O) groups excluding carboxylic acids is 3. The van der Waals surface area contributed by atoms with Crippen molar-refractivity contribution >= 4 is 23.7 Å². The number of urea groups is 1. The van der Waals surface area contributed by atoms with Gasteiger partial charge in [-0.05, 0) is 58.0 Å². The van der Waals surface area contributed by atoms with Gasteiger partial charge in [0.25, 0.3) is 5.91 Å². The van der Waals surface area contributed by atoms with Crippen molar-refractivity contribution in [3.63, 3.8) is 0 Å². The summed E-state index contributed by atoms with van der Waals surface area (Å²) in [5.41, 5.74) is 0.681. The number of hydrogen-bond donors (Lipinski definition) is 3. The minimum Gasteiger partial charge on any atom is -0.444 e. The third kappa shape index (κ3) is 7.90. The topological polar surface area (TPSA) is 103 Å². The first-order valence-electron chi connectivity index (χ1n) is 10.3. The molecule has 1 saturated heterocycles. The summed E-state index contributed by atoms with van der Waals surface area (Å²) in [6.45, 7) is 9.88. The summed E-state index contributed by atoms with van der Waals surface area (Å²) in [5, 5.41) is 8.13. The lowest BCUT2D eigenvalue weighted by Crippen LogP contribution is -2.50. The molecule has 2 rings (SSSR count). The Morgan fingerprint density at radius 2 is 1.67 bits per heavy atom. The highest BCUT2D eigenvalue weighted by atomic mass is 16.6. The van der Waals surface area contributed by atoms with Gasteiger partial charge in [-0.3, -0.25) is 9.69 Å². The van der Waals surface area contributed by atoms with Crippen LogP contribution in [0.3, 0.4) is 0 Å². The summed E-state index contributed by atoms with van der Waals surface area (Å²) in [7, 11) is 1.57. The fraction of sp³-hybridized carbons (Fsp3) is 0.571. The first-order valence-corrected chi connectivity index (χ1v) is 10.3. The SMILES string of the molecule is CNC(=O)c1ccc(NC(=O)NCCCN2CCN(C(=O)OC(C)(C)C)CC2)cc1. The van der Waals surface area contributed by atoms with E-state index in [4.69, 9.17) is 4.74 Å². The molecule has 166 valence electrons. The largest absolute Gasteiger partial charge is 0.444 e. The molecule has 1 heterocycles. The molecule has 0 bridgehead atoms. The number of nitrogens with one attached hydrogen (secondary N) is 3. The Balaban J connectivity index is 1.61. The number of carbonyl (C=O) groups is 3. The van der Waals surface area contributed by atoms with Gasteiger partial charge in [0.1, 0.15) is 5.60 Å². The van der Waals surface area contributed by atoms with Crippen LogP contribution >= 0.6 is 0 Å². The predicted octanol–water partition coefficient (Wildman–Crippen LogP) is 2.11. The van der Waals surface area contributed by atoms with Gasteiger partial charge in [-0.25, -0.2) is 9.59 Å². The predicted molar refractivity (Wildman–Crippen MR) is 116 cm³/mol. The zero-order valence-electron chi connectivity index (χ0n) is 18.3. The summed E-state index contributed by atoms with van der Waals surface area (Å²) in [5.74, 6) is -0.169. The van der Waals surface area contributed by atoms with E-state index in [9.17, 15) is 14.4 Å². The van der Waals surface area contributed by atoms with Crippen molar-refractivity contribution < 1.29 is 19.1 Å². The van der Waals surface area contributed by atoms with Crippen molar-refractivity contribution in [1.82, 2.24) is 20.4 Å². The van der Waals surface area contributed by atoms with Gasteiger partial charge in [0.2, 0.25) is 0 Å². The highest BCUT2D eigenvalue weighted by Crippen LogP contribution is 2.12. The molecule has 1 fully saturated rings. The van der Waals surface area contributed by atoms with Gasteiger partial charge >= 0.3 is 12.1 Å². The van der Waals surface area contributed by atoms with Crippen molar-refractivity contribution in [1.29, 1.82) is 0 Å². The second-order valence-corrected chi connectivity index (χ2v) is 8.20. The van der Waals surface area contributed by atoms with Gasteiger partial charge in [-0.2, -0.15) is 0 Å². The molecule has 1 aromatic rings. The van der Waals surface area contributed by atoms with E-state index in [2.05, 4.69) is 20.9 Å². The lowest BCUT2D eigenvalue weighted by molar-refractivity contribution is 0.0144. The molecule has 9 nitrogen and oxygen atoms in total. The monoisotopic (exact) mass is 419 g/mol. The first kappa shape index (κ1) is 23.5. The van der Waals surface area contributed by atoms with Crippen LogP contribution in [0.1, 0.15) is 37.6 Å². The number of benzene rings is 1. The molecule has 4 amide bonds. The van der Waals surface area contributed by atoms with Crippen molar-refractivity contribution in [3.05, 3.63) is 29.8 Å². The summed E-state index contributed by atoms with van der Waals surface area (Å²) in [6.07, 6.45) is 0.555. The summed E-state index contributed by atoms with van der Waals surface area (Å²) in [4.78, 5) is 39.6. The standard InChI is InChI=1S/C21H33N5O4/c1-21(2,3)30-20(29)26-14-12-25(13-15-26)11-5-10-23-19(28)24-17-8-6-16(7-9-17)18(27)22-4/h6-9H,5,10-15H2,1-4H3,(H,22,27)(H2,23,24,28). The fourth-order valence-electron chi connectivity index (χ4n) is 3.01. The molecule has 3 N–H and O–H groups in total. The maximum absolute atomic E-state index is 12.1. The Morgan fingerprint density at radius 3 is 2.23 bits per heavy atom. The normalized spacial score (nSPS) is 14.7. The summed E-state index contributed by atoms with van der Waals surface area (Å²) >= 11 is 0. The maximum atomic E-state index is 12.1. The van der Waals surface area contributed by atoms with E-state index in [1.54, 1.807) is 36.2 Å². The van der Waals surface area contributed by atoms with Crippen LogP contribution in [-0.2, 0) is 4.74 Å². The Labute approximate surface area is 178 Å². The number of hydrogen-bond acceptors (Lipinski definition) is 5. The Hall–Kier alpha value is -2.81. The molecule has 30 heavy (non-hydrogen) atoms. The van der Waals surface area contributed by atoms with Crippen LogP contribution in [0.15, 0.2) is 24.3 Å². The number of piperazine rings is 1. The van der Waals surface area contributed by atoms with Gasteiger partial charge < -0.3 is 25.6 Å². The average Bonchev–Trinajstić information content (AvgIpc) is 2.70. The number of ether oxygens (including phenoxy) is 1. The van der Waals surface area contributed by atoms with Gasteiger partial charge in [0.15, 0.2) is 0 Å². The number of rotatable bonds is 6. The van der Waals surface area contributed by atoms with Crippen molar-refractivity contribution in [2.24, 2.45) is 0 Å². The second-order valence-electron chi connectivity index (χ2n) is 8.20. The molecule has 0 atom stereocenters. The summed E-state index contributed by atoms with van der Waals surface area (Å²) in [6, 6.07) is 6.41. The van der Waals surface area contributed by atoms with E-state index in [0.717, 1.165) is 26.1 Å². The van der Waals surface area contributed by atoms with Gasteiger partial charge in [0, 0.05) is 51.0 Å². The van der Waals surface area contributed by atoms with Crippen LogP contribution in [0.4, 0.5) is 15.3 Å². The molecular weight excluding hydrogens is 386 g/mol. The highest BCUT2D eigenvalue weighted by Gasteiger charge is 2.25. The molecule has 0 saturated carbocycles. The smallest absolute Gasteiger partial charge is 0.410 e. The third-order valence-corrected chi connectivity index (χ3v) is 4.59. The average molecular weight is 420 g/mol. The van der Waals surface area contributed by atoms with Crippen LogP contribution < -0.4 is 16.0 Å². The first-order chi connectivity index (χ1) is 14.2. The van der Waals surface area contributed by atoms with Crippen LogP contribution in [0.2, 0.25) is 0 Å². The van der Waals surface area contributed by atoms with Gasteiger partial charge in [-0.15, -0.1) is 0 Å². The second kappa shape index (κ2) is 10.8. The minimum absolute atomic E-state index is 0.169. The summed E-state index contributed by atoms with van der Waals surface area (Å²) < 4.78 is 5.40. The quantitative estimate of drug-likeness (QED) is 0.613. The van der Waals surface area contributed by atoms with Crippen LogP contribution in [0, 0.1) is 0 Å². The number of nitrogens with zero attached hydrogens (tertiary/aromatic N) is 2. The van der Waals surface area contributed by atoms with E-state index in [0.29, 0.717) is 30.9 Å².